The summed E-state index contributed by atoms with van der Waals surface area (Å²) in [5.74, 6) is 0. The molecule has 0 fully saturated rings. The van der Waals surface area contributed by atoms with Crippen molar-refractivity contribution in [1.29, 1.82) is 0 Å². The van der Waals surface area contributed by atoms with Gasteiger partial charge in [0.25, 0.3) is 0 Å². The van der Waals surface area contributed by atoms with Crippen LogP contribution < -0.4 is 3.58 Å². The molecule has 0 aliphatic rings. The summed E-state index contributed by atoms with van der Waals surface area (Å²) in [5, 5.41) is 0. The number of hydrogen-bond donors (Lipinski definition) is 0. The Bertz CT molecular complexity index is 302. The monoisotopic (exact) mass is 332 g/mol. The molecular formula is C13H21ClSn. The second-order valence-corrected chi connectivity index (χ2v) is 21.4. The summed E-state index contributed by atoms with van der Waals surface area (Å²) in [5.41, 5.74) is 0. The first-order valence-electron chi connectivity index (χ1n) is 5.66. The van der Waals surface area contributed by atoms with Crippen molar-refractivity contribution in [2.45, 2.75) is 42.0 Å². The van der Waals surface area contributed by atoms with Gasteiger partial charge in [-0.1, -0.05) is 0 Å². The number of benzene rings is 1. The van der Waals surface area contributed by atoms with Crippen LogP contribution in [0.15, 0.2) is 30.3 Å². The van der Waals surface area contributed by atoms with Crippen molar-refractivity contribution in [2.24, 2.45) is 0 Å². The maximum absolute atomic E-state index is 7.05. The molecule has 1 atom stereocenters. The summed E-state index contributed by atoms with van der Waals surface area (Å²) in [7, 11) is 7.05. The van der Waals surface area contributed by atoms with Gasteiger partial charge in [-0.15, -0.1) is 0 Å². The van der Waals surface area contributed by atoms with E-state index in [0.29, 0.717) is 0 Å². The first-order valence-corrected chi connectivity index (χ1v) is 14.1. The Labute approximate surface area is 102 Å². The molecule has 1 rings (SSSR count). The van der Waals surface area contributed by atoms with Crippen LogP contribution in [0.4, 0.5) is 0 Å². The molecule has 0 heterocycles. The fourth-order valence-corrected chi connectivity index (χ4v) is 13.6. The van der Waals surface area contributed by atoms with Crippen LogP contribution in [0.3, 0.4) is 0 Å². The average Bonchev–Trinajstić information content (AvgIpc) is 2.18. The molecule has 15 heavy (non-hydrogen) atoms. The van der Waals surface area contributed by atoms with Crippen LogP contribution in [-0.4, -0.2) is 17.3 Å². The van der Waals surface area contributed by atoms with Crippen molar-refractivity contribution < 1.29 is 0 Å². The van der Waals surface area contributed by atoms with Crippen LogP contribution in [0.5, 0.6) is 0 Å². The van der Waals surface area contributed by atoms with Crippen molar-refractivity contribution in [1.82, 2.24) is 0 Å². The van der Waals surface area contributed by atoms with Gasteiger partial charge in [-0.05, 0) is 0 Å². The minimum atomic E-state index is -2.68. The molecule has 1 aromatic rings. The second-order valence-electron chi connectivity index (χ2n) is 5.17. The summed E-state index contributed by atoms with van der Waals surface area (Å²) in [6.07, 6.45) is 1.20. The molecule has 0 aliphatic heterocycles. The Hall–Kier alpha value is 0.309. The molecular weight excluding hydrogens is 310 g/mol. The second kappa shape index (κ2) is 5.09. The van der Waals surface area contributed by atoms with Crippen LogP contribution in [-0.2, 0) is 0 Å². The van der Waals surface area contributed by atoms with E-state index in [1.807, 2.05) is 0 Å². The topological polar surface area (TPSA) is 0 Å². The van der Waals surface area contributed by atoms with Gasteiger partial charge in [-0.2, -0.15) is 0 Å². The van der Waals surface area contributed by atoms with Gasteiger partial charge in [0, 0.05) is 0 Å². The molecule has 1 unspecified atom stereocenters. The van der Waals surface area contributed by atoms with Gasteiger partial charge in [-0.25, -0.2) is 0 Å². The standard InChI is InChI=1S/C6H5.C4H9.C3H7.ClH.Sn/c1-2-4-6-5-3-1;1-4(2)3;1-3-2;;/h1-5H;1-3H3;1,3H2,2H3;1H;/q;;;;+1/p-1. The Morgan fingerprint density at radius 2 is 1.67 bits per heavy atom. The van der Waals surface area contributed by atoms with Crippen LogP contribution in [0, 0.1) is 0 Å². The molecule has 0 bridgehead atoms. The van der Waals surface area contributed by atoms with E-state index >= 15 is 0 Å². The van der Waals surface area contributed by atoms with Crippen molar-refractivity contribution in [3.63, 3.8) is 0 Å². The molecule has 0 spiro atoms. The zero-order valence-electron chi connectivity index (χ0n) is 10.2. The first kappa shape index (κ1) is 13.4. The van der Waals surface area contributed by atoms with Crippen LogP contribution in [0.1, 0.15) is 34.1 Å². The fraction of sp³-hybridized carbons (Fsp3) is 0.538. The zero-order valence-corrected chi connectivity index (χ0v) is 13.8. The average molecular weight is 331 g/mol. The minimum absolute atomic E-state index is 0.285. The molecule has 1 aromatic carbocycles. The van der Waals surface area contributed by atoms with Crippen LogP contribution in [0.25, 0.3) is 0 Å². The van der Waals surface area contributed by atoms with Gasteiger partial charge in [0.1, 0.15) is 0 Å². The van der Waals surface area contributed by atoms with E-state index in [1.165, 1.54) is 14.4 Å². The fourth-order valence-electron chi connectivity index (χ4n) is 2.00. The summed E-state index contributed by atoms with van der Waals surface area (Å²) < 4.78 is 2.96. The molecule has 84 valence electrons. The third-order valence-corrected chi connectivity index (χ3v) is 23.3. The van der Waals surface area contributed by atoms with E-state index in [0.717, 1.165) is 0 Å². The molecule has 0 saturated heterocycles. The van der Waals surface area contributed by atoms with Gasteiger partial charge >= 0.3 is 102 Å². The normalized spacial score (nSPS) is 16.1. The van der Waals surface area contributed by atoms with Gasteiger partial charge < -0.3 is 0 Å². The van der Waals surface area contributed by atoms with Gasteiger partial charge in [0.15, 0.2) is 0 Å². The van der Waals surface area contributed by atoms with Gasteiger partial charge in [0.05, 0.1) is 0 Å². The molecule has 0 saturated carbocycles. The van der Waals surface area contributed by atoms with Crippen molar-refractivity contribution >= 4 is 29.8 Å². The molecule has 2 heteroatoms. The number of rotatable bonds is 3. The van der Waals surface area contributed by atoms with Crippen molar-refractivity contribution in [3.8, 4) is 0 Å². The van der Waals surface area contributed by atoms with Crippen molar-refractivity contribution in [2.75, 3.05) is 0 Å². The molecule has 0 nitrogen and oxygen atoms in total. The first-order chi connectivity index (χ1) is 6.92. The molecule has 0 amide bonds. The molecule has 0 aromatic heterocycles. The molecule has 0 N–H and O–H groups in total. The SMILES string of the molecule is CC[CH2][Sn]([Cl])([c]1ccccc1)[C](C)(C)C. The molecule has 0 aliphatic carbocycles. The summed E-state index contributed by atoms with van der Waals surface area (Å²) in [6.45, 7) is 9.15. The zero-order chi connectivity index (χ0) is 11.5. The van der Waals surface area contributed by atoms with E-state index in [1.54, 1.807) is 0 Å². The van der Waals surface area contributed by atoms with E-state index in [9.17, 15) is 0 Å². The third-order valence-electron chi connectivity index (χ3n) is 3.01. The maximum atomic E-state index is 7.05. The Balaban J connectivity index is 3.13. The Morgan fingerprint density at radius 1 is 1.13 bits per heavy atom. The van der Waals surface area contributed by atoms with E-state index in [4.69, 9.17) is 8.92 Å². The number of halogens is 1. The Kier molecular flexibility index (Phi) is 4.54. The number of hydrogen-bond acceptors (Lipinski definition) is 0. The Morgan fingerprint density at radius 3 is 2.07 bits per heavy atom. The summed E-state index contributed by atoms with van der Waals surface area (Å²) in [6, 6.07) is 10.8. The predicted octanol–water partition coefficient (Wildman–Crippen LogP) is 4.29. The van der Waals surface area contributed by atoms with E-state index < -0.39 is 17.3 Å². The van der Waals surface area contributed by atoms with E-state index in [2.05, 4.69) is 58.0 Å². The third kappa shape index (κ3) is 2.91. The quantitative estimate of drug-likeness (QED) is 0.725. The predicted molar refractivity (Wildman–Crippen MR) is 72.5 cm³/mol. The van der Waals surface area contributed by atoms with Gasteiger partial charge in [-0.3, -0.25) is 0 Å². The summed E-state index contributed by atoms with van der Waals surface area (Å²) >= 11 is -2.68. The molecule has 0 radical (unpaired) electrons. The summed E-state index contributed by atoms with van der Waals surface area (Å²) in [4.78, 5) is 0. The van der Waals surface area contributed by atoms with E-state index in [-0.39, 0.29) is 3.43 Å². The van der Waals surface area contributed by atoms with Crippen molar-refractivity contribution in [3.05, 3.63) is 30.3 Å². The van der Waals surface area contributed by atoms with Gasteiger partial charge in [0.2, 0.25) is 0 Å². The van der Waals surface area contributed by atoms with Crippen LogP contribution in [0.2, 0.25) is 7.87 Å². The van der Waals surface area contributed by atoms with Crippen LogP contribution >= 0.6 is 8.92 Å².